The number of rotatable bonds is 5. The number of benzene rings is 2. The minimum atomic E-state index is 0.362. The fourth-order valence-corrected chi connectivity index (χ4v) is 3.03. The molecule has 1 N–H and O–H groups in total. The Morgan fingerprint density at radius 2 is 1.90 bits per heavy atom. The first kappa shape index (κ1) is 14.3. The van der Waals surface area contributed by atoms with E-state index in [1.54, 1.807) is 0 Å². The van der Waals surface area contributed by atoms with Crippen LogP contribution in [0.25, 0.3) is 11.0 Å². The molecule has 4 heteroatoms. The molecule has 1 unspecified atom stereocenters. The predicted molar refractivity (Wildman–Crippen MR) is 90.4 cm³/mol. The third-order valence-corrected chi connectivity index (χ3v) is 4.55. The first-order valence-electron chi connectivity index (χ1n) is 7.08. The van der Waals surface area contributed by atoms with Gasteiger partial charge in [0.15, 0.2) is 0 Å². The third kappa shape index (κ3) is 3.17. The Kier molecular flexibility index (Phi) is 4.36. The zero-order chi connectivity index (χ0) is 14.7. The van der Waals surface area contributed by atoms with Crippen molar-refractivity contribution in [1.82, 2.24) is 14.9 Å². The molecule has 1 atom stereocenters. The molecule has 0 saturated carbocycles. The van der Waals surface area contributed by atoms with Gasteiger partial charge in [-0.1, -0.05) is 46.3 Å². The molecule has 0 aliphatic rings. The van der Waals surface area contributed by atoms with Crippen LogP contribution >= 0.6 is 15.9 Å². The van der Waals surface area contributed by atoms with E-state index in [-0.39, 0.29) is 0 Å². The fraction of sp³-hybridized carbons (Fsp3) is 0.235. The van der Waals surface area contributed by atoms with Gasteiger partial charge < -0.3 is 9.88 Å². The maximum atomic E-state index is 4.46. The number of halogens is 1. The number of imidazole rings is 1. The van der Waals surface area contributed by atoms with Crippen molar-refractivity contribution in [2.75, 3.05) is 7.05 Å². The molecule has 3 rings (SSSR count). The standard InChI is InChI=1S/C17H18BrN3/c1-19-14(10-13-6-2-3-7-15(13)18)11-21-12-20-16-8-4-5-9-17(16)21/h2-9,12,14,19H,10-11H2,1H3. The highest BCUT2D eigenvalue weighted by molar-refractivity contribution is 9.10. The average Bonchev–Trinajstić information content (AvgIpc) is 2.92. The summed E-state index contributed by atoms with van der Waals surface area (Å²) in [6, 6.07) is 17.0. The van der Waals surface area contributed by atoms with E-state index in [1.807, 2.05) is 31.6 Å². The van der Waals surface area contributed by atoms with Crippen LogP contribution in [0.2, 0.25) is 0 Å². The van der Waals surface area contributed by atoms with Gasteiger partial charge in [-0.2, -0.15) is 0 Å². The van der Waals surface area contributed by atoms with Crippen LogP contribution in [0, 0.1) is 0 Å². The van der Waals surface area contributed by atoms with Gasteiger partial charge in [0.25, 0.3) is 0 Å². The molecular weight excluding hydrogens is 326 g/mol. The summed E-state index contributed by atoms with van der Waals surface area (Å²) in [5, 5.41) is 3.41. The summed E-state index contributed by atoms with van der Waals surface area (Å²) in [5.74, 6) is 0. The number of nitrogens with zero attached hydrogens (tertiary/aromatic N) is 2. The lowest BCUT2D eigenvalue weighted by molar-refractivity contribution is 0.484. The van der Waals surface area contributed by atoms with E-state index in [0.717, 1.165) is 18.5 Å². The molecule has 0 saturated heterocycles. The second-order valence-electron chi connectivity index (χ2n) is 5.17. The van der Waals surface area contributed by atoms with E-state index < -0.39 is 0 Å². The fourth-order valence-electron chi connectivity index (χ4n) is 2.58. The number of likely N-dealkylation sites (N-methyl/N-ethyl adjacent to an activating group) is 1. The normalized spacial score (nSPS) is 12.7. The molecule has 0 bridgehead atoms. The van der Waals surface area contributed by atoms with Gasteiger partial charge in [-0.3, -0.25) is 0 Å². The summed E-state index contributed by atoms with van der Waals surface area (Å²) in [5.41, 5.74) is 3.55. The van der Waals surface area contributed by atoms with Crippen molar-refractivity contribution in [3.63, 3.8) is 0 Å². The predicted octanol–water partition coefficient (Wildman–Crippen LogP) is 3.63. The van der Waals surface area contributed by atoms with Crippen LogP contribution < -0.4 is 5.32 Å². The SMILES string of the molecule is CNC(Cc1ccccc1Br)Cn1cnc2ccccc21. The Balaban J connectivity index is 1.80. The van der Waals surface area contributed by atoms with Gasteiger partial charge in [0, 0.05) is 17.1 Å². The topological polar surface area (TPSA) is 29.9 Å². The Morgan fingerprint density at radius 1 is 1.14 bits per heavy atom. The lowest BCUT2D eigenvalue weighted by Gasteiger charge is -2.18. The summed E-state index contributed by atoms with van der Waals surface area (Å²) in [4.78, 5) is 4.46. The van der Waals surface area contributed by atoms with Crippen LogP contribution in [0.15, 0.2) is 59.3 Å². The van der Waals surface area contributed by atoms with Crippen molar-refractivity contribution in [2.24, 2.45) is 0 Å². The second-order valence-corrected chi connectivity index (χ2v) is 6.02. The molecule has 1 heterocycles. The Hall–Kier alpha value is -1.65. The number of para-hydroxylation sites is 2. The molecule has 3 nitrogen and oxygen atoms in total. The molecular formula is C17H18BrN3. The van der Waals surface area contributed by atoms with Crippen LogP contribution in [-0.4, -0.2) is 22.6 Å². The van der Waals surface area contributed by atoms with E-state index in [2.05, 4.69) is 61.1 Å². The van der Waals surface area contributed by atoms with E-state index in [1.165, 1.54) is 15.6 Å². The number of nitrogens with one attached hydrogen (secondary N) is 1. The van der Waals surface area contributed by atoms with Gasteiger partial charge in [-0.15, -0.1) is 0 Å². The van der Waals surface area contributed by atoms with Gasteiger partial charge in [-0.05, 0) is 37.2 Å². The lowest BCUT2D eigenvalue weighted by Crippen LogP contribution is -2.32. The van der Waals surface area contributed by atoms with Crippen molar-refractivity contribution in [3.05, 3.63) is 64.9 Å². The Morgan fingerprint density at radius 3 is 2.71 bits per heavy atom. The number of fused-ring (bicyclic) bond motifs is 1. The quantitative estimate of drug-likeness (QED) is 0.766. The molecule has 1 aromatic heterocycles. The lowest BCUT2D eigenvalue weighted by atomic mass is 10.1. The molecule has 0 radical (unpaired) electrons. The monoisotopic (exact) mass is 343 g/mol. The van der Waals surface area contributed by atoms with Crippen molar-refractivity contribution in [3.8, 4) is 0 Å². The van der Waals surface area contributed by atoms with E-state index in [9.17, 15) is 0 Å². The van der Waals surface area contributed by atoms with Crippen LogP contribution in [0.3, 0.4) is 0 Å². The summed E-state index contributed by atoms with van der Waals surface area (Å²) in [6.45, 7) is 0.901. The number of aromatic nitrogens is 2. The van der Waals surface area contributed by atoms with Gasteiger partial charge in [0.2, 0.25) is 0 Å². The van der Waals surface area contributed by atoms with Crippen LogP contribution in [-0.2, 0) is 13.0 Å². The average molecular weight is 344 g/mol. The van der Waals surface area contributed by atoms with Crippen LogP contribution in [0.5, 0.6) is 0 Å². The largest absolute Gasteiger partial charge is 0.329 e. The van der Waals surface area contributed by atoms with Gasteiger partial charge >= 0.3 is 0 Å². The summed E-state index contributed by atoms with van der Waals surface area (Å²) >= 11 is 3.62. The zero-order valence-corrected chi connectivity index (χ0v) is 13.5. The molecule has 3 aromatic rings. The van der Waals surface area contributed by atoms with Crippen molar-refractivity contribution in [2.45, 2.75) is 19.0 Å². The van der Waals surface area contributed by atoms with Gasteiger partial charge in [-0.25, -0.2) is 4.98 Å². The van der Waals surface area contributed by atoms with Crippen molar-refractivity contribution < 1.29 is 0 Å². The highest BCUT2D eigenvalue weighted by atomic mass is 79.9. The minimum absolute atomic E-state index is 0.362. The Bertz CT molecular complexity index is 735. The molecule has 21 heavy (non-hydrogen) atoms. The minimum Gasteiger partial charge on any atom is -0.329 e. The first-order chi connectivity index (χ1) is 10.3. The molecule has 0 fully saturated rings. The van der Waals surface area contributed by atoms with E-state index in [0.29, 0.717) is 6.04 Å². The number of hydrogen-bond donors (Lipinski definition) is 1. The smallest absolute Gasteiger partial charge is 0.0958 e. The molecule has 2 aromatic carbocycles. The maximum absolute atomic E-state index is 4.46. The van der Waals surface area contributed by atoms with Gasteiger partial charge in [0.1, 0.15) is 0 Å². The van der Waals surface area contributed by atoms with Crippen LogP contribution in [0.1, 0.15) is 5.56 Å². The molecule has 0 aliphatic carbocycles. The summed E-state index contributed by atoms with van der Waals surface area (Å²) in [6.07, 6.45) is 2.90. The summed E-state index contributed by atoms with van der Waals surface area (Å²) < 4.78 is 3.38. The zero-order valence-electron chi connectivity index (χ0n) is 12.0. The van der Waals surface area contributed by atoms with E-state index >= 15 is 0 Å². The van der Waals surface area contributed by atoms with Gasteiger partial charge in [0.05, 0.1) is 17.4 Å². The van der Waals surface area contributed by atoms with Crippen molar-refractivity contribution in [1.29, 1.82) is 0 Å². The van der Waals surface area contributed by atoms with Crippen molar-refractivity contribution >= 4 is 27.0 Å². The highest BCUT2D eigenvalue weighted by Crippen LogP contribution is 2.19. The summed E-state index contributed by atoms with van der Waals surface area (Å²) in [7, 11) is 2.01. The second kappa shape index (κ2) is 6.41. The van der Waals surface area contributed by atoms with E-state index in [4.69, 9.17) is 0 Å². The number of hydrogen-bond acceptors (Lipinski definition) is 2. The maximum Gasteiger partial charge on any atom is 0.0958 e. The Labute approximate surface area is 133 Å². The first-order valence-corrected chi connectivity index (χ1v) is 7.88. The molecule has 0 amide bonds. The molecule has 0 spiro atoms. The highest BCUT2D eigenvalue weighted by Gasteiger charge is 2.12. The molecule has 108 valence electrons. The molecule has 0 aliphatic heterocycles. The third-order valence-electron chi connectivity index (χ3n) is 3.78. The van der Waals surface area contributed by atoms with Crippen LogP contribution in [0.4, 0.5) is 0 Å².